The highest BCUT2D eigenvalue weighted by Gasteiger charge is 2.29. The van der Waals surface area contributed by atoms with Gasteiger partial charge in [-0.2, -0.15) is 0 Å². The van der Waals surface area contributed by atoms with Gasteiger partial charge in [0.1, 0.15) is 0 Å². The van der Waals surface area contributed by atoms with E-state index in [1.165, 1.54) is 6.42 Å². The van der Waals surface area contributed by atoms with Crippen LogP contribution >= 0.6 is 0 Å². The van der Waals surface area contributed by atoms with E-state index in [2.05, 4.69) is 13.8 Å². The minimum Gasteiger partial charge on any atom is -0.389 e. The van der Waals surface area contributed by atoms with Crippen molar-refractivity contribution < 1.29 is 9.90 Å². The van der Waals surface area contributed by atoms with E-state index >= 15 is 0 Å². The summed E-state index contributed by atoms with van der Waals surface area (Å²) >= 11 is 0. The maximum atomic E-state index is 12.3. The van der Waals surface area contributed by atoms with E-state index in [9.17, 15) is 9.90 Å². The highest BCUT2D eigenvalue weighted by molar-refractivity contribution is 5.79. The Hall–Kier alpha value is -0.610. The van der Waals surface area contributed by atoms with Gasteiger partial charge >= 0.3 is 0 Å². The molecule has 2 atom stereocenters. The van der Waals surface area contributed by atoms with Crippen LogP contribution in [-0.4, -0.2) is 58.6 Å². The standard InChI is InChI=1S/C14H28N2O2/c1-11-7-6-8-12(2)16(11)13(17)9-15(5)10-14(3,4)18/h11-12,18H,6-10H2,1-5H3/t11-,12+. The monoisotopic (exact) mass is 256 g/mol. The van der Waals surface area contributed by atoms with Gasteiger partial charge in [0.2, 0.25) is 5.91 Å². The zero-order chi connectivity index (χ0) is 13.9. The molecule has 4 heteroatoms. The molecule has 1 rings (SSSR count). The van der Waals surface area contributed by atoms with E-state index in [0.717, 1.165) is 12.8 Å². The van der Waals surface area contributed by atoms with Crippen LogP contribution in [0.25, 0.3) is 0 Å². The zero-order valence-electron chi connectivity index (χ0n) is 12.4. The van der Waals surface area contributed by atoms with Gasteiger partial charge in [0.05, 0.1) is 12.1 Å². The largest absolute Gasteiger partial charge is 0.389 e. The van der Waals surface area contributed by atoms with Crippen molar-refractivity contribution in [2.24, 2.45) is 0 Å². The van der Waals surface area contributed by atoms with Crippen LogP contribution in [0.4, 0.5) is 0 Å². The number of hydrogen-bond acceptors (Lipinski definition) is 3. The lowest BCUT2D eigenvalue weighted by Gasteiger charge is -2.40. The van der Waals surface area contributed by atoms with Crippen molar-refractivity contribution in [3.63, 3.8) is 0 Å². The van der Waals surface area contributed by atoms with Gasteiger partial charge in [-0.3, -0.25) is 9.69 Å². The van der Waals surface area contributed by atoms with Gasteiger partial charge in [-0.15, -0.1) is 0 Å². The molecule has 0 aromatic rings. The second-order valence-corrected chi connectivity index (χ2v) is 6.41. The van der Waals surface area contributed by atoms with Gasteiger partial charge in [0.25, 0.3) is 0 Å². The number of likely N-dealkylation sites (N-methyl/N-ethyl adjacent to an activating group) is 1. The van der Waals surface area contributed by atoms with Gasteiger partial charge in [-0.1, -0.05) is 0 Å². The Kier molecular flexibility index (Phi) is 5.17. The molecule has 1 fully saturated rings. The van der Waals surface area contributed by atoms with Crippen LogP contribution in [0.15, 0.2) is 0 Å². The van der Waals surface area contributed by atoms with Crippen molar-refractivity contribution in [3.05, 3.63) is 0 Å². The molecule has 1 aliphatic rings. The molecule has 1 amide bonds. The Morgan fingerprint density at radius 2 is 1.83 bits per heavy atom. The van der Waals surface area contributed by atoms with Crippen molar-refractivity contribution in [2.75, 3.05) is 20.1 Å². The third kappa shape index (κ3) is 4.58. The highest BCUT2D eigenvalue weighted by atomic mass is 16.3. The summed E-state index contributed by atoms with van der Waals surface area (Å²) in [6.07, 6.45) is 3.42. The maximum Gasteiger partial charge on any atom is 0.237 e. The first kappa shape index (κ1) is 15.4. The number of rotatable bonds is 4. The first-order chi connectivity index (χ1) is 8.20. The second-order valence-electron chi connectivity index (χ2n) is 6.41. The first-order valence-electron chi connectivity index (χ1n) is 6.93. The minimum absolute atomic E-state index is 0.182. The smallest absolute Gasteiger partial charge is 0.237 e. The number of amides is 1. The number of nitrogens with zero attached hydrogens (tertiary/aromatic N) is 2. The van der Waals surface area contributed by atoms with Crippen molar-refractivity contribution in [1.82, 2.24) is 9.80 Å². The van der Waals surface area contributed by atoms with Crippen LogP contribution in [0.1, 0.15) is 47.0 Å². The van der Waals surface area contributed by atoms with Gasteiger partial charge < -0.3 is 10.0 Å². The molecule has 0 aromatic carbocycles. The van der Waals surface area contributed by atoms with Crippen LogP contribution in [0.2, 0.25) is 0 Å². The van der Waals surface area contributed by atoms with Crippen LogP contribution in [-0.2, 0) is 4.79 Å². The summed E-state index contributed by atoms with van der Waals surface area (Å²) < 4.78 is 0. The van der Waals surface area contributed by atoms with Gasteiger partial charge in [-0.05, 0) is 54.0 Å². The fourth-order valence-corrected chi connectivity index (χ4v) is 2.94. The topological polar surface area (TPSA) is 43.8 Å². The summed E-state index contributed by atoms with van der Waals surface area (Å²) in [5.74, 6) is 0.182. The van der Waals surface area contributed by atoms with E-state index in [1.807, 2.05) is 16.8 Å². The summed E-state index contributed by atoms with van der Waals surface area (Å²) in [6, 6.07) is 0.688. The third-order valence-corrected chi connectivity index (χ3v) is 3.54. The Balaban J connectivity index is 2.53. The fraction of sp³-hybridized carbons (Fsp3) is 0.929. The Morgan fingerprint density at radius 1 is 1.33 bits per heavy atom. The summed E-state index contributed by atoms with van der Waals surface area (Å²) in [7, 11) is 1.88. The number of carbonyl (C=O) groups is 1. The molecule has 1 aliphatic heterocycles. The average Bonchev–Trinajstić information content (AvgIpc) is 2.13. The molecule has 0 aliphatic carbocycles. The van der Waals surface area contributed by atoms with Crippen LogP contribution in [0.3, 0.4) is 0 Å². The quantitative estimate of drug-likeness (QED) is 0.828. The van der Waals surface area contributed by atoms with E-state index < -0.39 is 5.60 Å². The van der Waals surface area contributed by atoms with E-state index in [4.69, 9.17) is 0 Å². The molecule has 0 unspecified atom stereocenters. The lowest BCUT2D eigenvalue weighted by molar-refractivity contribution is -0.138. The van der Waals surface area contributed by atoms with E-state index in [1.54, 1.807) is 13.8 Å². The van der Waals surface area contributed by atoms with Crippen molar-refractivity contribution >= 4 is 5.91 Å². The lowest BCUT2D eigenvalue weighted by Crippen LogP contribution is -2.51. The normalized spacial score (nSPS) is 25.6. The maximum absolute atomic E-state index is 12.3. The highest BCUT2D eigenvalue weighted by Crippen LogP contribution is 2.22. The molecule has 0 saturated carbocycles. The minimum atomic E-state index is -0.756. The van der Waals surface area contributed by atoms with E-state index in [0.29, 0.717) is 25.2 Å². The van der Waals surface area contributed by atoms with E-state index in [-0.39, 0.29) is 5.91 Å². The number of likely N-dealkylation sites (tertiary alicyclic amines) is 1. The lowest BCUT2D eigenvalue weighted by atomic mass is 9.97. The Labute approximate surface area is 111 Å². The molecule has 0 radical (unpaired) electrons. The van der Waals surface area contributed by atoms with Gasteiger partial charge in [0, 0.05) is 18.6 Å². The zero-order valence-corrected chi connectivity index (χ0v) is 12.4. The molecule has 1 heterocycles. The number of piperidine rings is 1. The predicted molar refractivity (Wildman–Crippen MR) is 73.4 cm³/mol. The van der Waals surface area contributed by atoms with Gasteiger partial charge in [-0.25, -0.2) is 0 Å². The second kappa shape index (κ2) is 6.02. The number of carbonyl (C=O) groups excluding carboxylic acids is 1. The molecule has 0 spiro atoms. The van der Waals surface area contributed by atoms with Gasteiger partial charge in [0.15, 0.2) is 0 Å². The molecule has 0 bridgehead atoms. The summed E-state index contributed by atoms with van der Waals surface area (Å²) in [5.41, 5.74) is -0.756. The van der Waals surface area contributed by atoms with Crippen molar-refractivity contribution in [1.29, 1.82) is 0 Å². The SMILES string of the molecule is C[C@@H]1CCC[C@H](C)N1C(=O)CN(C)CC(C)(C)O. The first-order valence-corrected chi connectivity index (χ1v) is 6.93. The van der Waals surface area contributed by atoms with Crippen LogP contribution in [0, 0.1) is 0 Å². The van der Waals surface area contributed by atoms with Crippen LogP contribution < -0.4 is 0 Å². The third-order valence-electron chi connectivity index (χ3n) is 3.54. The van der Waals surface area contributed by atoms with Crippen molar-refractivity contribution in [3.8, 4) is 0 Å². The summed E-state index contributed by atoms with van der Waals surface area (Å²) in [5, 5.41) is 9.75. The summed E-state index contributed by atoms with van der Waals surface area (Å²) in [4.78, 5) is 16.2. The molecule has 4 nitrogen and oxygen atoms in total. The predicted octanol–water partition coefficient (Wildman–Crippen LogP) is 1.48. The van der Waals surface area contributed by atoms with Crippen molar-refractivity contribution in [2.45, 2.75) is 64.6 Å². The number of hydrogen-bond donors (Lipinski definition) is 1. The molecule has 0 aromatic heterocycles. The molecule has 1 saturated heterocycles. The average molecular weight is 256 g/mol. The summed E-state index contributed by atoms with van der Waals surface area (Å²) in [6.45, 7) is 8.68. The molecule has 1 N–H and O–H groups in total. The fourth-order valence-electron chi connectivity index (χ4n) is 2.94. The Morgan fingerprint density at radius 3 is 2.28 bits per heavy atom. The number of aliphatic hydroxyl groups is 1. The van der Waals surface area contributed by atoms with Crippen LogP contribution in [0.5, 0.6) is 0 Å². The molecular weight excluding hydrogens is 228 g/mol. The molecule has 106 valence electrons. The molecule has 18 heavy (non-hydrogen) atoms. The molecular formula is C14H28N2O2. The Bertz CT molecular complexity index is 276.